The zero-order valence-corrected chi connectivity index (χ0v) is 17.5. The number of aromatic hydroxyl groups is 1. The zero-order valence-electron chi connectivity index (χ0n) is 16.7. The van der Waals surface area contributed by atoms with Gasteiger partial charge in [0, 0.05) is 30.4 Å². The molecular formula is C22H22FN3O3S. The number of anilines is 1. The number of phenolic OH excluding ortho intramolecular Hbond substituents is 1. The average molecular weight is 428 g/mol. The Morgan fingerprint density at radius 1 is 1.13 bits per heavy atom. The molecular weight excluding hydrogens is 405 g/mol. The molecule has 0 aliphatic carbocycles. The molecule has 30 heavy (non-hydrogen) atoms. The fourth-order valence-electron chi connectivity index (χ4n) is 3.21. The van der Waals surface area contributed by atoms with Crippen LogP contribution in [0.25, 0.3) is 6.08 Å². The third-order valence-electron chi connectivity index (χ3n) is 4.88. The van der Waals surface area contributed by atoms with Crippen LogP contribution in [0.15, 0.2) is 48.0 Å². The number of rotatable bonds is 6. The van der Waals surface area contributed by atoms with Gasteiger partial charge in [0.15, 0.2) is 5.11 Å². The van der Waals surface area contributed by atoms with Crippen molar-refractivity contribution in [3.05, 3.63) is 65.0 Å². The summed E-state index contributed by atoms with van der Waals surface area (Å²) in [7, 11) is 0. The van der Waals surface area contributed by atoms with Crippen LogP contribution in [-0.4, -0.2) is 40.0 Å². The van der Waals surface area contributed by atoms with Crippen LogP contribution in [0.3, 0.4) is 0 Å². The summed E-state index contributed by atoms with van der Waals surface area (Å²) >= 11 is 5.14. The molecule has 1 fully saturated rings. The second-order valence-corrected chi connectivity index (χ2v) is 7.14. The Morgan fingerprint density at radius 2 is 1.80 bits per heavy atom. The van der Waals surface area contributed by atoms with E-state index in [9.17, 15) is 19.1 Å². The second-order valence-electron chi connectivity index (χ2n) is 6.75. The van der Waals surface area contributed by atoms with Crippen LogP contribution in [0.2, 0.25) is 0 Å². The highest BCUT2D eigenvalue weighted by Gasteiger charge is 2.33. The minimum Gasteiger partial charge on any atom is -0.507 e. The lowest BCUT2D eigenvalue weighted by Gasteiger charge is -2.29. The number of carbonyl (C=O) groups excluding carboxylic acids is 2. The number of amides is 2. The van der Waals surface area contributed by atoms with Gasteiger partial charge in [0.05, 0.1) is 6.54 Å². The van der Waals surface area contributed by atoms with Gasteiger partial charge in [0.25, 0.3) is 11.8 Å². The molecule has 1 heterocycles. The van der Waals surface area contributed by atoms with Crippen molar-refractivity contribution in [3.8, 4) is 5.75 Å². The van der Waals surface area contributed by atoms with Gasteiger partial charge < -0.3 is 10.0 Å². The molecule has 0 unspecified atom stereocenters. The molecule has 2 amide bonds. The standard InChI is InChI=1S/C22H22FN3O3S/c1-3-25(4-2)17-10-7-15(19(27)12-17)11-18-20(28)24-22(30)26(21(18)29)13-14-5-8-16(23)9-6-14/h5-12,27H,3-4,13H2,1-2H3,(H,24,28,30). The first kappa shape index (κ1) is 21.4. The first-order chi connectivity index (χ1) is 14.3. The third kappa shape index (κ3) is 4.49. The summed E-state index contributed by atoms with van der Waals surface area (Å²) in [4.78, 5) is 28.6. The molecule has 1 aliphatic heterocycles. The molecule has 1 aliphatic rings. The van der Waals surface area contributed by atoms with E-state index in [1.165, 1.54) is 23.1 Å². The van der Waals surface area contributed by atoms with E-state index in [0.29, 0.717) is 11.1 Å². The lowest BCUT2D eigenvalue weighted by molar-refractivity contribution is -0.129. The van der Waals surface area contributed by atoms with Gasteiger partial charge in [-0.1, -0.05) is 12.1 Å². The summed E-state index contributed by atoms with van der Waals surface area (Å²) in [5, 5.41) is 12.9. The Morgan fingerprint density at radius 3 is 2.40 bits per heavy atom. The van der Waals surface area contributed by atoms with E-state index in [1.54, 1.807) is 24.3 Å². The fraction of sp³-hybridized carbons (Fsp3) is 0.227. The predicted octanol–water partition coefficient (Wildman–Crippen LogP) is 3.20. The number of hydrogen-bond donors (Lipinski definition) is 2. The van der Waals surface area contributed by atoms with E-state index < -0.39 is 11.8 Å². The normalized spacial score (nSPS) is 15.5. The Bertz CT molecular complexity index is 1020. The number of carbonyl (C=O) groups is 2. The molecule has 8 heteroatoms. The van der Waals surface area contributed by atoms with Crippen molar-refractivity contribution >= 4 is 40.9 Å². The molecule has 2 N–H and O–H groups in total. The molecule has 2 aromatic rings. The van der Waals surface area contributed by atoms with Crippen molar-refractivity contribution in [1.29, 1.82) is 0 Å². The van der Waals surface area contributed by atoms with Crippen molar-refractivity contribution in [1.82, 2.24) is 10.2 Å². The van der Waals surface area contributed by atoms with Crippen LogP contribution < -0.4 is 10.2 Å². The topological polar surface area (TPSA) is 72.9 Å². The largest absolute Gasteiger partial charge is 0.507 e. The molecule has 0 spiro atoms. The Kier molecular flexibility index (Phi) is 6.47. The van der Waals surface area contributed by atoms with Crippen molar-refractivity contribution in [2.24, 2.45) is 0 Å². The molecule has 0 saturated carbocycles. The molecule has 0 radical (unpaired) electrons. The minimum absolute atomic E-state index is 0.0208. The van der Waals surface area contributed by atoms with Gasteiger partial charge in [-0.05, 0) is 62.0 Å². The number of nitrogens with one attached hydrogen (secondary N) is 1. The number of phenols is 1. The highest BCUT2D eigenvalue weighted by molar-refractivity contribution is 7.80. The summed E-state index contributed by atoms with van der Waals surface area (Å²) in [6.45, 7) is 5.68. The molecule has 1 saturated heterocycles. The number of halogens is 1. The van der Waals surface area contributed by atoms with Crippen molar-refractivity contribution in [3.63, 3.8) is 0 Å². The fourth-order valence-corrected chi connectivity index (χ4v) is 3.45. The number of benzene rings is 2. The number of hydrogen-bond acceptors (Lipinski definition) is 5. The van der Waals surface area contributed by atoms with E-state index in [2.05, 4.69) is 10.2 Å². The number of thiocarbonyl (C=S) groups is 1. The molecule has 0 atom stereocenters. The van der Waals surface area contributed by atoms with Crippen molar-refractivity contribution in [2.45, 2.75) is 20.4 Å². The van der Waals surface area contributed by atoms with Crippen LogP contribution in [0, 0.1) is 5.82 Å². The van der Waals surface area contributed by atoms with Gasteiger partial charge in [-0.2, -0.15) is 0 Å². The minimum atomic E-state index is -0.632. The van der Waals surface area contributed by atoms with Crippen LogP contribution in [0.5, 0.6) is 5.75 Å². The van der Waals surface area contributed by atoms with Crippen LogP contribution in [0.4, 0.5) is 10.1 Å². The van der Waals surface area contributed by atoms with Crippen LogP contribution in [0.1, 0.15) is 25.0 Å². The molecule has 0 bridgehead atoms. The Hall–Kier alpha value is -3.26. The summed E-state index contributed by atoms with van der Waals surface area (Å²) in [5.74, 6) is -1.64. The van der Waals surface area contributed by atoms with Crippen LogP contribution >= 0.6 is 12.2 Å². The van der Waals surface area contributed by atoms with Gasteiger partial charge in [-0.15, -0.1) is 0 Å². The van der Waals surface area contributed by atoms with E-state index >= 15 is 0 Å². The molecule has 0 aromatic heterocycles. The molecule has 2 aromatic carbocycles. The zero-order chi connectivity index (χ0) is 21.8. The molecule has 156 valence electrons. The highest BCUT2D eigenvalue weighted by atomic mass is 32.1. The monoisotopic (exact) mass is 427 g/mol. The SMILES string of the molecule is CCN(CC)c1ccc(C=C2C(=O)NC(=S)N(Cc3ccc(F)cc3)C2=O)c(O)c1. The first-order valence-corrected chi connectivity index (χ1v) is 9.96. The highest BCUT2D eigenvalue weighted by Crippen LogP contribution is 2.27. The summed E-state index contributed by atoms with van der Waals surface area (Å²) in [6.07, 6.45) is 1.35. The van der Waals surface area contributed by atoms with Gasteiger partial charge >= 0.3 is 0 Å². The Labute approximate surface area is 179 Å². The lowest BCUT2D eigenvalue weighted by atomic mass is 10.1. The summed E-state index contributed by atoms with van der Waals surface area (Å²) in [5.41, 5.74) is 1.71. The summed E-state index contributed by atoms with van der Waals surface area (Å²) in [6, 6.07) is 10.8. The average Bonchev–Trinajstić information content (AvgIpc) is 2.72. The third-order valence-corrected chi connectivity index (χ3v) is 5.20. The Balaban J connectivity index is 1.89. The van der Waals surface area contributed by atoms with Gasteiger partial charge in [0.1, 0.15) is 17.1 Å². The predicted molar refractivity (Wildman–Crippen MR) is 117 cm³/mol. The number of nitrogens with zero attached hydrogens (tertiary/aromatic N) is 2. The first-order valence-electron chi connectivity index (χ1n) is 9.55. The maximum Gasteiger partial charge on any atom is 0.265 e. The molecule has 6 nitrogen and oxygen atoms in total. The van der Waals surface area contributed by atoms with Crippen molar-refractivity contribution < 1.29 is 19.1 Å². The van der Waals surface area contributed by atoms with E-state index in [4.69, 9.17) is 12.2 Å². The quantitative estimate of drug-likeness (QED) is 0.421. The lowest BCUT2D eigenvalue weighted by Crippen LogP contribution is -2.53. The van der Waals surface area contributed by atoms with E-state index in [-0.39, 0.29) is 28.8 Å². The smallest absolute Gasteiger partial charge is 0.265 e. The van der Waals surface area contributed by atoms with E-state index in [1.807, 2.05) is 19.9 Å². The maximum atomic E-state index is 13.1. The summed E-state index contributed by atoms with van der Waals surface area (Å²) < 4.78 is 13.1. The van der Waals surface area contributed by atoms with Gasteiger partial charge in [0.2, 0.25) is 0 Å². The van der Waals surface area contributed by atoms with Gasteiger partial charge in [-0.25, -0.2) is 4.39 Å². The second kappa shape index (κ2) is 9.04. The maximum absolute atomic E-state index is 13.1. The molecule has 3 rings (SSSR count). The van der Waals surface area contributed by atoms with E-state index in [0.717, 1.165) is 18.8 Å². The van der Waals surface area contributed by atoms with Crippen LogP contribution in [-0.2, 0) is 16.1 Å². The van der Waals surface area contributed by atoms with Gasteiger partial charge in [-0.3, -0.25) is 19.8 Å². The van der Waals surface area contributed by atoms with Crippen molar-refractivity contribution in [2.75, 3.05) is 18.0 Å².